The van der Waals surface area contributed by atoms with E-state index < -0.39 is 0 Å². The Morgan fingerprint density at radius 2 is 1.60 bits per heavy atom. The summed E-state index contributed by atoms with van der Waals surface area (Å²) >= 11 is 0. The molecule has 2 aromatic rings. The molecule has 0 unspecified atom stereocenters. The van der Waals surface area contributed by atoms with Crippen LogP contribution in [0.15, 0.2) is 48.5 Å². The van der Waals surface area contributed by atoms with Crippen LogP contribution in [0.1, 0.15) is 52.5 Å². The van der Waals surface area contributed by atoms with Gasteiger partial charge in [-0.05, 0) is 49.7 Å². The average Bonchev–Trinajstić information content (AvgIpc) is 2.63. The number of carbonyl (C=O) groups excluding carboxylic acids is 2. The topological polar surface area (TPSA) is 67.4 Å². The number of aryl methyl sites for hydroxylation is 1. The fourth-order valence-electron chi connectivity index (χ4n) is 2.29. The highest BCUT2D eigenvalue weighted by molar-refractivity contribution is 5.99. The normalized spacial score (nSPS) is 10.2. The molecule has 0 atom stereocenters. The van der Waals surface area contributed by atoms with E-state index in [0.717, 1.165) is 30.6 Å². The Kier molecular flexibility index (Phi) is 7.01. The number of nitrogens with one attached hydrogen (secondary N) is 2. The van der Waals surface area contributed by atoms with Crippen LogP contribution >= 0.6 is 0 Å². The highest BCUT2D eigenvalue weighted by atomic mass is 16.5. The van der Waals surface area contributed by atoms with Gasteiger partial charge < -0.3 is 4.74 Å². The number of carbonyl (C=O) groups is 2. The van der Waals surface area contributed by atoms with Crippen molar-refractivity contribution in [3.05, 3.63) is 65.2 Å². The van der Waals surface area contributed by atoms with E-state index in [9.17, 15) is 9.59 Å². The second-order valence-corrected chi connectivity index (χ2v) is 5.86. The van der Waals surface area contributed by atoms with Crippen molar-refractivity contribution in [3.8, 4) is 5.75 Å². The van der Waals surface area contributed by atoms with Crippen LogP contribution in [0.4, 0.5) is 0 Å². The fourth-order valence-corrected chi connectivity index (χ4v) is 2.29. The van der Waals surface area contributed by atoms with Crippen molar-refractivity contribution in [2.24, 2.45) is 0 Å². The molecule has 0 aromatic heterocycles. The molecule has 2 aromatic carbocycles. The quantitative estimate of drug-likeness (QED) is 0.597. The minimum Gasteiger partial charge on any atom is -0.494 e. The molecule has 2 rings (SSSR count). The lowest BCUT2D eigenvalue weighted by Crippen LogP contribution is -2.41. The zero-order valence-corrected chi connectivity index (χ0v) is 14.7. The van der Waals surface area contributed by atoms with Crippen molar-refractivity contribution in [3.63, 3.8) is 0 Å². The van der Waals surface area contributed by atoms with Gasteiger partial charge in [-0.2, -0.15) is 0 Å². The third kappa shape index (κ3) is 5.95. The molecule has 0 radical (unpaired) electrons. The van der Waals surface area contributed by atoms with Gasteiger partial charge in [0.05, 0.1) is 6.61 Å². The molecule has 0 aliphatic heterocycles. The number of hydrogen-bond acceptors (Lipinski definition) is 3. The minimum absolute atomic E-state index is 0.354. The molecule has 132 valence electrons. The standard InChI is InChI=1S/C20H24N2O3/c1-3-4-5-13-25-18-11-9-16(10-12-18)19(23)21-22-20(24)17-8-6-7-15(2)14-17/h6-12,14H,3-5,13H2,1-2H3,(H,21,23)(H,22,24). The Bertz CT molecular complexity index is 711. The van der Waals surface area contributed by atoms with Gasteiger partial charge in [0.15, 0.2) is 0 Å². The van der Waals surface area contributed by atoms with Crippen LogP contribution in [0.5, 0.6) is 5.75 Å². The van der Waals surface area contributed by atoms with Gasteiger partial charge in [-0.25, -0.2) is 0 Å². The van der Waals surface area contributed by atoms with Gasteiger partial charge >= 0.3 is 0 Å². The van der Waals surface area contributed by atoms with E-state index >= 15 is 0 Å². The van der Waals surface area contributed by atoms with E-state index in [1.807, 2.05) is 13.0 Å². The first-order valence-corrected chi connectivity index (χ1v) is 8.50. The summed E-state index contributed by atoms with van der Waals surface area (Å²) < 4.78 is 5.61. The fraction of sp³-hybridized carbons (Fsp3) is 0.300. The molecule has 0 bridgehead atoms. The van der Waals surface area contributed by atoms with Crippen LogP contribution in [0.3, 0.4) is 0 Å². The summed E-state index contributed by atoms with van der Waals surface area (Å²) in [6, 6.07) is 14.0. The van der Waals surface area contributed by atoms with Gasteiger partial charge in [-0.1, -0.05) is 37.5 Å². The molecule has 2 amide bonds. The molecule has 25 heavy (non-hydrogen) atoms. The Morgan fingerprint density at radius 1 is 0.920 bits per heavy atom. The molecule has 5 heteroatoms. The Hall–Kier alpha value is -2.82. The first-order chi connectivity index (χ1) is 12.1. The molecule has 0 heterocycles. The molecular weight excluding hydrogens is 316 g/mol. The molecule has 0 saturated heterocycles. The number of ether oxygens (including phenoxy) is 1. The summed E-state index contributed by atoms with van der Waals surface area (Å²) in [7, 11) is 0. The van der Waals surface area contributed by atoms with Gasteiger partial charge in [-0.15, -0.1) is 0 Å². The first kappa shape index (κ1) is 18.5. The minimum atomic E-state index is -0.376. The van der Waals surface area contributed by atoms with Crippen molar-refractivity contribution < 1.29 is 14.3 Å². The van der Waals surface area contributed by atoms with E-state index in [1.54, 1.807) is 42.5 Å². The third-order valence-corrected chi connectivity index (χ3v) is 3.70. The molecule has 0 saturated carbocycles. The molecule has 0 spiro atoms. The van der Waals surface area contributed by atoms with Gasteiger partial charge in [-0.3, -0.25) is 20.4 Å². The number of hydrazine groups is 1. The Morgan fingerprint density at radius 3 is 2.24 bits per heavy atom. The molecule has 0 aliphatic rings. The lowest BCUT2D eigenvalue weighted by Gasteiger charge is -2.09. The molecule has 2 N–H and O–H groups in total. The van der Waals surface area contributed by atoms with Crippen LogP contribution in [-0.4, -0.2) is 18.4 Å². The van der Waals surface area contributed by atoms with Crippen LogP contribution < -0.4 is 15.6 Å². The van der Waals surface area contributed by atoms with Gasteiger partial charge in [0.25, 0.3) is 11.8 Å². The Labute approximate surface area is 148 Å². The number of unbranched alkanes of at least 4 members (excludes halogenated alkanes) is 2. The molecule has 0 fully saturated rings. The molecule has 5 nitrogen and oxygen atoms in total. The number of hydrogen-bond donors (Lipinski definition) is 2. The van der Waals surface area contributed by atoms with Crippen molar-refractivity contribution >= 4 is 11.8 Å². The van der Waals surface area contributed by atoms with E-state index in [2.05, 4.69) is 17.8 Å². The zero-order valence-electron chi connectivity index (χ0n) is 14.7. The maximum Gasteiger partial charge on any atom is 0.269 e. The monoisotopic (exact) mass is 340 g/mol. The van der Waals surface area contributed by atoms with Gasteiger partial charge in [0.1, 0.15) is 5.75 Å². The summed E-state index contributed by atoms with van der Waals surface area (Å²) in [4.78, 5) is 24.1. The Balaban J connectivity index is 1.83. The summed E-state index contributed by atoms with van der Waals surface area (Å²) in [5.74, 6) is 0.00270. The lowest BCUT2D eigenvalue weighted by atomic mass is 10.1. The summed E-state index contributed by atoms with van der Waals surface area (Å²) in [6.07, 6.45) is 3.31. The lowest BCUT2D eigenvalue weighted by molar-refractivity contribution is 0.0846. The number of rotatable bonds is 7. The molecule has 0 aliphatic carbocycles. The van der Waals surface area contributed by atoms with E-state index in [1.165, 1.54) is 0 Å². The van der Waals surface area contributed by atoms with Crippen molar-refractivity contribution in [2.75, 3.05) is 6.61 Å². The van der Waals surface area contributed by atoms with Crippen molar-refractivity contribution in [2.45, 2.75) is 33.1 Å². The summed E-state index contributed by atoms with van der Waals surface area (Å²) in [6.45, 7) is 4.72. The SMILES string of the molecule is CCCCCOc1ccc(C(=O)NNC(=O)c2cccc(C)c2)cc1. The first-order valence-electron chi connectivity index (χ1n) is 8.50. The van der Waals surface area contributed by atoms with Crippen molar-refractivity contribution in [1.82, 2.24) is 10.9 Å². The predicted octanol–water partition coefficient (Wildman–Crippen LogP) is 3.64. The van der Waals surface area contributed by atoms with Crippen LogP contribution in [-0.2, 0) is 0 Å². The predicted molar refractivity (Wildman–Crippen MR) is 97.6 cm³/mol. The highest BCUT2D eigenvalue weighted by Crippen LogP contribution is 2.13. The summed E-state index contributed by atoms with van der Waals surface area (Å²) in [5.41, 5.74) is 6.76. The smallest absolute Gasteiger partial charge is 0.269 e. The van der Waals surface area contributed by atoms with Gasteiger partial charge in [0.2, 0.25) is 0 Å². The zero-order chi connectivity index (χ0) is 18.1. The summed E-state index contributed by atoms with van der Waals surface area (Å²) in [5, 5.41) is 0. The molecular formula is C20H24N2O3. The number of benzene rings is 2. The third-order valence-electron chi connectivity index (χ3n) is 3.70. The highest BCUT2D eigenvalue weighted by Gasteiger charge is 2.09. The van der Waals surface area contributed by atoms with Crippen LogP contribution in [0, 0.1) is 6.92 Å². The average molecular weight is 340 g/mol. The van der Waals surface area contributed by atoms with E-state index in [4.69, 9.17) is 4.74 Å². The van der Waals surface area contributed by atoms with E-state index in [0.29, 0.717) is 17.7 Å². The maximum atomic E-state index is 12.1. The number of amides is 2. The maximum absolute atomic E-state index is 12.1. The van der Waals surface area contributed by atoms with E-state index in [-0.39, 0.29) is 11.8 Å². The van der Waals surface area contributed by atoms with Crippen molar-refractivity contribution in [1.29, 1.82) is 0 Å². The second-order valence-electron chi connectivity index (χ2n) is 5.86. The second kappa shape index (κ2) is 9.47. The van der Waals surface area contributed by atoms with Gasteiger partial charge in [0, 0.05) is 11.1 Å². The van der Waals surface area contributed by atoms with Crippen LogP contribution in [0.25, 0.3) is 0 Å². The van der Waals surface area contributed by atoms with Crippen LogP contribution in [0.2, 0.25) is 0 Å². The largest absolute Gasteiger partial charge is 0.494 e.